The first-order valence-electron chi connectivity index (χ1n) is 11.3. The highest BCUT2D eigenvalue weighted by Gasteiger charge is 2.30. The summed E-state index contributed by atoms with van der Waals surface area (Å²) >= 11 is 0. The molecule has 2 aromatic carbocycles. The van der Waals surface area contributed by atoms with E-state index >= 15 is 0 Å². The van der Waals surface area contributed by atoms with Crippen LogP contribution < -0.4 is 10.1 Å². The predicted molar refractivity (Wildman–Crippen MR) is 131 cm³/mol. The van der Waals surface area contributed by atoms with Gasteiger partial charge in [-0.1, -0.05) is 83.7 Å². The van der Waals surface area contributed by atoms with Crippen molar-refractivity contribution in [2.45, 2.75) is 78.6 Å². The van der Waals surface area contributed by atoms with Crippen LogP contribution in [-0.4, -0.2) is 14.2 Å². The van der Waals surface area contributed by atoms with E-state index in [9.17, 15) is 5.26 Å². The van der Waals surface area contributed by atoms with Gasteiger partial charge in [0.15, 0.2) is 0 Å². The third kappa shape index (κ3) is 9.35. The summed E-state index contributed by atoms with van der Waals surface area (Å²) in [6.07, 6.45) is 6.59. The molecule has 0 fully saturated rings. The second-order valence-electron chi connectivity index (χ2n) is 7.49. The van der Waals surface area contributed by atoms with Gasteiger partial charge in [-0.05, 0) is 49.1 Å². The maximum Gasteiger partial charge on any atom is 0.121 e. The summed E-state index contributed by atoms with van der Waals surface area (Å²) in [5.74, 6) is 0.956. The fraction of sp³-hybridized carbons (Fsp3) is 0.519. The quantitative estimate of drug-likeness (QED) is 0.481. The smallest absolute Gasteiger partial charge is 0.121 e. The summed E-state index contributed by atoms with van der Waals surface area (Å²) in [5, 5.41) is 12.7. The van der Waals surface area contributed by atoms with Gasteiger partial charge in [-0.3, -0.25) is 0 Å². The van der Waals surface area contributed by atoms with Crippen molar-refractivity contribution in [2.75, 3.05) is 19.5 Å². The van der Waals surface area contributed by atoms with Gasteiger partial charge in [-0.15, -0.1) is 0 Å². The lowest BCUT2D eigenvalue weighted by Crippen LogP contribution is -2.23. The van der Waals surface area contributed by atoms with E-state index in [1.54, 1.807) is 7.11 Å². The first-order chi connectivity index (χ1) is 14.5. The third-order valence-electron chi connectivity index (χ3n) is 5.08. The first kappa shape index (κ1) is 27.5. The molecular weight excluding hydrogens is 368 g/mol. The molecular formula is C27H42N2O. The highest BCUT2D eigenvalue weighted by Crippen LogP contribution is 2.34. The van der Waals surface area contributed by atoms with Crippen LogP contribution in [0.25, 0.3) is 0 Å². The highest BCUT2D eigenvalue weighted by molar-refractivity contribution is 5.48. The summed E-state index contributed by atoms with van der Waals surface area (Å²) < 4.78 is 5.04. The highest BCUT2D eigenvalue weighted by atomic mass is 16.5. The predicted octanol–water partition coefficient (Wildman–Crippen LogP) is 7.90. The normalized spacial score (nSPS) is 9.93. The van der Waals surface area contributed by atoms with Gasteiger partial charge in [0, 0.05) is 12.7 Å². The number of methoxy groups -OCH3 is 1. The Balaban J connectivity index is 0.000000537. The molecule has 0 heterocycles. The zero-order valence-corrected chi connectivity index (χ0v) is 20.2. The molecule has 30 heavy (non-hydrogen) atoms. The number of unbranched alkanes of at least 4 members (excludes halogenated alkanes) is 1. The number of hydrogen-bond acceptors (Lipinski definition) is 3. The largest absolute Gasteiger partial charge is 0.496 e. The van der Waals surface area contributed by atoms with E-state index in [1.807, 2.05) is 50.4 Å². The van der Waals surface area contributed by atoms with Gasteiger partial charge in [0.1, 0.15) is 5.75 Å². The van der Waals surface area contributed by atoms with Crippen LogP contribution in [-0.2, 0) is 5.41 Å². The van der Waals surface area contributed by atoms with Crippen LogP contribution in [0.1, 0.15) is 77.3 Å². The number of rotatable bonds is 8. The lowest BCUT2D eigenvalue weighted by atomic mass is 9.74. The van der Waals surface area contributed by atoms with E-state index in [1.165, 1.54) is 18.4 Å². The Morgan fingerprint density at radius 3 is 1.90 bits per heavy atom. The van der Waals surface area contributed by atoms with E-state index in [2.05, 4.69) is 51.2 Å². The Bertz CT molecular complexity index is 726. The Morgan fingerprint density at radius 1 is 0.900 bits per heavy atom. The van der Waals surface area contributed by atoms with Crippen molar-refractivity contribution in [3.63, 3.8) is 0 Å². The molecule has 0 saturated heterocycles. The average molecular weight is 411 g/mol. The van der Waals surface area contributed by atoms with Gasteiger partial charge in [0.05, 0.1) is 18.6 Å². The molecule has 3 heteroatoms. The van der Waals surface area contributed by atoms with E-state index in [4.69, 9.17) is 4.74 Å². The van der Waals surface area contributed by atoms with Crippen molar-refractivity contribution >= 4 is 5.69 Å². The topological polar surface area (TPSA) is 45.0 Å². The van der Waals surface area contributed by atoms with Crippen molar-refractivity contribution in [3.05, 3.63) is 59.7 Å². The molecule has 0 atom stereocenters. The second-order valence-corrected chi connectivity index (χ2v) is 7.49. The van der Waals surface area contributed by atoms with E-state index in [0.717, 1.165) is 42.7 Å². The number of aryl methyl sites for hydroxylation is 1. The fourth-order valence-electron chi connectivity index (χ4n) is 3.20. The number of para-hydroxylation sites is 1. The molecule has 0 unspecified atom stereocenters. The molecule has 166 valence electrons. The van der Waals surface area contributed by atoms with Gasteiger partial charge in [0.25, 0.3) is 0 Å². The minimum Gasteiger partial charge on any atom is -0.496 e. The molecule has 1 N–H and O–H groups in total. The molecule has 2 rings (SSSR count). The minimum absolute atomic E-state index is 0.309. The number of nitrogens with one attached hydrogen (secondary N) is 1. The molecule has 0 aliphatic carbocycles. The maximum absolute atomic E-state index is 9.59. The van der Waals surface area contributed by atoms with Crippen molar-refractivity contribution in [3.8, 4) is 11.8 Å². The lowest BCUT2D eigenvalue weighted by Gasteiger charge is -2.26. The van der Waals surface area contributed by atoms with E-state index in [0.29, 0.717) is 0 Å². The summed E-state index contributed by atoms with van der Waals surface area (Å²) in [4.78, 5) is 0. The number of benzene rings is 2. The van der Waals surface area contributed by atoms with Crippen LogP contribution in [0.15, 0.2) is 48.5 Å². The van der Waals surface area contributed by atoms with Gasteiger partial charge >= 0.3 is 0 Å². The third-order valence-corrected chi connectivity index (χ3v) is 5.08. The number of ether oxygens (including phenoxy) is 1. The molecule has 0 aromatic heterocycles. The average Bonchev–Trinajstić information content (AvgIpc) is 2.79. The van der Waals surface area contributed by atoms with E-state index < -0.39 is 0 Å². The van der Waals surface area contributed by atoms with Crippen LogP contribution in [0, 0.1) is 18.3 Å². The number of hydrogen-bond donors (Lipinski definition) is 1. The number of nitriles is 1. The molecule has 0 spiro atoms. The van der Waals surface area contributed by atoms with Crippen molar-refractivity contribution in [1.82, 2.24) is 0 Å². The van der Waals surface area contributed by atoms with Crippen molar-refractivity contribution in [1.29, 1.82) is 5.26 Å². The van der Waals surface area contributed by atoms with Crippen LogP contribution in [0.5, 0.6) is 5.75 Å². The molecule has 0 amide bonds. The molecule has 0 aliphatic heterocycles. The van der Waals surface area contributed by atoms with Crippen LogP contribution >= 0.6 is 0 Å². The minimum atomic E-state index is -0.309. The van der Waals surface area contributed by atoms with Gasteiger partial charge in [0.2, 0.25) is 0 Å². The van der Waals surface area contributed by atoms with Crippen LogP contribution in [0.4, 0.5) is 5.69 Å². The molecule has 0 bridgehead atoms. The Hall–Kier alpha value is -2.47. The Morgan fingerprint density at radius 2 is 1.50 bits per heavy atom. The molecule has 3 nitrogen and oxygen atoms in total. The van der Waals surface area contributed by atoms with Gasteiger partial charge < -0.3 is 10.1 Å². The zero-order valence-electron chi connectivity index (χ0n) is 20.2. The molecule has 0 saturated carbocycles. The number of nitrogens with zero attached hydrogens (tertiary/aromatic N) is 1. The maximum atomic E-state index is 9.59. The Kier molecular flexibility index (Phi) is 15.0. The van der Waals surface area contributed by atoms with Gasteiger partial charge in [-0.2, -0.15) is 5.26 Å². The van der Waals surface area contributed by atoms with Gasteiger partial charge in [-0.25, -0.2) is 0 Å². The summed E-state index contributed by atoms with van der Waals surface area (Å²) in [6, 6.07) is 18.7. The lowest BCUT2D eigenvalue weighted by molar-refractivity contribution is 0.411. The van der Waals surface area contributed by atoms with Crippen molar-refractivity contribution in [2.24, 2.45) is 0 Å². The SMILES string of the molecule is CCCC.CCCC(C#N)(CCC)c1cccc(NC)c1.COc1ccccc1C. The van der Waals surface area contributed by atoms with Crippen LogP contribution in [0.2, 0.25) is 0 Å². The van der Waals surface area contributed by atoms with Crippen LogP contribution in [0.3, 0.4) is 0 Å². The van der Waals surface area contributed by atoms with E-state index in [-0.39, 0.29) is 5.41 Å². The summed E-state index contributed by atoms with van der Waals surface area (Å²) in [5.41, 5.74) is 3.10. The molecule has 0 radical (unpaired) electrons. The number of anilines is 1. The standard InChI is InChI=1S/C15H22N2.C8H10O.C4H10/c1-4-9-15(12-16,10-5-2)13-7-6-8-14(11-13)17-3;1-7-5-3-4-6-8(7)9-2;1-3-4-2/h6-8,11,17H,4-5,9-10H2,1-3H3;3-6H,1-2H3;3-4H2,1-2H3. The summed E-state index contributed by atoms with van der Waals surface area (Å²) in [6.45, 7) is 10.7. The fourth-order valence-corrected chi connectivity index (χ4v) is 3.20. The molecule has 0 aliphatic rings. The van der Waals surface area contributed by atoms with Crippen molar-refractivity contribution < 1.29 is 4.74 Å². The molecule has 2 aromatic rings. The first-order valence-corrected chi connectivity index (χ1v) is 11.3. The summed E-state index contributed by atoms with van der Waals surface area (Å²) in [7, 11) is 3.59. The Labute approximate surface area is 185 Å². The second kappa shape index (κ2) is 16.3. The zero-order chi connectivity index (χ0) is 22.8. The monoisotopic (exact) mass is 410 g/mol.